The number of carboxylic acids is 1. The molecule has 7 heteroatoms. The predicted molar refractivity (Wildman–Crippen MR) is 210 cm³/mol. The highest BCUT2D eigenvalue weighted by molar-refractivity contribution is 5.76. The molecule has 0 aromatic rings. The van der Waals surface area contributed by atoms with Crippen molar-refractivity contribution in [1.82, 2.24) is 0 Å². The molecule has 18 unspecified atom stereocenters. The lowest BCUT2D eigenvalue weighted by Crippen LogP contribution is -2.39. The Hall–Kier alpha value is -1.63. The second-order valence-corrected chi connectivity index (χ2v) is 19.8. The minimum absolute atomic E-state index is 0.00842. The SMILES string of the molecule is CCC1CC(CC)C2C3CC(CC3C(=O)O)C12.CCC1CC(CC)C2C3CC(CC3C(=O)OC3(CC)CCCC3)C12.CCC1OC(CC)C2C(=O)OCC12. The van der Waals surface area contributed by atoms with Gasteiger partial charge < -0.3 is 19.3 Å². The highest BCUT2D eigenvalue weighted by atomic mass is 16.6. The third kappa shape index (κ3) is 7.01. The summed E-state index contributed by atoms with van der Waals surface area (Å²) in [4.78, 5) is 35.8. The average Bonchev–Trinajstić information content (AvgIpc) is 4.04. The van der Waals surface area contributed by atoms with Crippen molar-refractivity contribution in [3.05, 3.63) is 0 Å². The van der Waals surface area contributed by atoms with Crippen LogP contribution in [-0.4, -0.2) is 47.4 Å². The van der Waals surface area contributed by atoms with Gasteiger partial charge in [-0.1, -0.05) is 74.1 Å². The molecule has 0 radical (unpaired) electrons. The van der Waals surface area contributed by atoms with Crippen LogP contribution in [0, 0.1) is 94.7 Å². The van der Waals surface area contributed by atoms with E-state index < -0.39 is 5.97 Å². The first kappa shape index (κ1) is 40.6. The van der Waals surface area contributed by atoms with E-state index in [1.165, 1.54) is 64.2 Å². The van der Waals surface area contributed by atoms with Crippen molar-refractivity contribution < 1.29 is 33.7 Å². The third-order valence-electron chi connectivity index (χ3n) is 18.0. The summed E-state index contributed by atoms with van der Waals surface area (Å²) in [6, 6.07) is 0. The molecule has 0 aromatic carbocycles. The third-order valence-corrected chi connectivity index (χ3v) is 18.0. The molecule has 18 atom stereocenters. The fourth-order valence-corrected chi connectivity index (χ4v) is 15.7. The van der Waals surface area contributed by atoms with Gasteiger partial charge in [0.2, 0.25) is 0 Å². The van der Waals surface area contributed by atoms with Gasteiger partial charge in [-0.25, -0.2) is 0 Å². The Morgan fingerprint density at radius 1 is 0.648 bits per heavy atom. The van der Waals surface area contributed by atoms with E-state index in [-0.39, 0.29) is 47.5 Å². The molecule has 2 aliphatic heterocycles. The average molecular weight is 753 g/mol. The number of carbonyl (C=O) groups is 3. The maximum absolute atomic E-state index is 13.1. The fourth-order valence-electron chi connectivity index (χ4n) is 15.7. The highest BCUT2D eigenvalue weighted by Crippen LogP contribution is 2.67. The summed E-state index contributed by atoms with van der Waals surface area (Å²) in [5.74, 6) is 9.82. The lowest BCUT2D eigenvalue weighted by molar-refractivity contribution is -0.168. The Morgan fingerprint density at radius 3 is 1.63 bits per heavy atom. The lowest BCUT2D eigenvalue weighted by atomic mass is 9.70. The second-order valence-electron chi connectivity index (χ2n) is 19.8. The molecule has 0 amide bonds. The van der Waals surface area contributed by atoms with Crippen LogP contribution in [0.25, 0.3) is 0 Å². The number of fused-ring (bicyclic) bond motifs is 11. The Kier molecular flexibility index (Phi) is 12.5. The number of hydrogen-bond acceptors (Lipinski definition) is 6. The minimum Gasteiger partial charge on any atom is -0.481 e. The monoisotopic (exact) mass is 753 g/mol. The van der Waals surface area contributed by atoms with Crippen LogP contribution in [0.15, 0.2) is 0 Å². The van der Waals surface area contributed by atoms with Gasteiger partial charge in [0.15, 0.2) is 0 Å². The molecule has 9 aliphatic rings. The van der Waals surface area contributed by atoms with Crippen LogP contribution < -0.4 is 0 Å². The Balaban J connectivity index is 0.000000132. The van der Waals surface area contributed by atoms with Gasteiger partial charge in [0, 0.05) is 5.92 Å². The normalized spacial score (nSPS) is 47.0. The van der Waals surface area contributed by atoms with Crippen LogP contribution in [0.4, 0.5) is 0 Å². The van der Waals surface area contributed by atoms with Gasteiger partial charge in [-0.15, -0.1) is 0 Å². The largest absolute Gasteiger partial charge is 0.481 e. The van der Waals surface area contributed by atoms with Crippen LogP contribution in [0.2, 0.25) is 0 Å². The van der Waals surface area contributed by atoms with E-state index in [1.54, 1.807) is 0 Å². The number of carboxylic acid groups (broad SMARTS) is 1. The van der Waals surface area contributed by atoms with Crippen molar-refractivity contribution in [3.63, 3.8) is 0 Å². The Morgan fingerprint density at radius 2 is 1.15 bits per heavy atom. The van der Waals surface area contributed by atoms with Gasteiger partial charge in [0.1, 0.15) is 5.60 Å². The van der Waals surface area contributed by atoms with Gasteiger partial charge in [0.05, 0.1) is 36.6 Å². The molecule has 7 saturated carbocycles. The first-order chi connectivity index (χ1) is 26.1. The van der Waals surface area contributed by atoms with E-state index >= 15 is 0 Å². The molecule has 2 saturated heterocycles. The summed E-state index contributed by atoms with van der Waals surface area (Å²) in [6.45, 7) is 16.3. The zero-order chi connectivity index (χ0) is 38.5. The van der Waals surface area contributed by atoms with E-state index in [1.807, 2.05) is 0 Å². The van der Waals surface area contributed by atoms with Gasteiger partial charge in [-0.05, 0) is 154 Å². The van der Waals surface area contributed by atoms with E-state index in [9.17, 15) is 19.5 Å². The zero-order valence-corrected chi connectivity index (χ0v) is 35.0. The molecule has 2 heterocycles. The molecule has 4 bridgehead atoms. The van der Waals surface area contributed by atoms with Crippen molar-refractivity contribution in [2.75, 3.05) is 6.61 Å². The van der Waals surface area contributed by atoms with E-state index in [4.69, 9.17) is 14.2 Å². The summed E-state index contributed by atoms with van der Waals surface area (Å²) in [7, 11) is 0. The molecule has 0 aromatic heterocycles. The van der Waals surface area contributed by atoms with Crippen molar-refractivity contribution in [3.8, 4) is 0 Å². The first-order valence-corrected chi connectivity index (χ1v) is 23.3. The van der Waals surface area contributed by atoms with Crippen LogP contribution >= 0.6 is 0 Å². The maximum atomic E-state index is 13.1. The summed E-state index contributed by atoms with van der Waals surface area (Å²) >= 11 is 0. The van der Waals surface area contributed by atoms with Gasteiger partial charge in [0.25, 0.3) is 0 Å². The van der Waals surface area contributed by atoms with Crippen molar-refractivity contribution in [1.29, 1.82) is 0 Å². The second kappa shape index (κ2) is 16.7. The van der Waals surface area contributed by atoms with E-state index in [2.05, 4.69) is 48.5 Å². The molecule has 7 nitrogen and oxygen atoms in total. The zero-order valence-electron chi connectivity index (χ0n) is 35.0. The smallest absolute Gasteiger partial charge is 0.312 e. The Labute approximate surface area is 327 Å². The summed E-state index contributed by atoms with van der Waals surface area (Å²) in [6.07, 6.45) is 20.6. The number of hydrogen-bond donors (Lipinski definition) is 1. The Bertz CT molecular complexity index is 1320. The molecular formula is C47H76O7. The van der Waals surface area contributed by atoms with Crippen LogP contribution in [0.5, 0.6) is 0 Å². The van der Waals surface area contributed by atoms with E-state index in [0.717, 1.165) is 104 Å². The van der Waals surface area contributed by atoms with Gasteiger partial charge in [-0.2, -0.15) is 0 Å². The summed E-state index contributed by atoms with van der Waals surface area (Å²) < 4.78 is 17.1. The number of ether oxygens (including phenoxy) is 3. The molecular weight excluding hydrogens is 677 g/mol. The molecule has 306 valence electrons. The molecule has 54 heavy (non-hydrogen) atoms. The maximum Gasteiger partial charge on any atom is 0.312 e. The summed E-state index contributed by atoms with van der Waals surface area (Å²) in [5, 5.41) is 9.34. The van der Waals surface area contributed by atoms with E-state index in [0.29, 0.717) is 24.4 Å². The predicted octanol–water partition coefficient (Wildman–Crippen LogP) is 10.4. The number of esters is 2. The first-order valence-electron chi connectivity index (χ1n) is 23.3. The molecule has 9 fully saturated rings. The number of carbonyl (C=O) groups excluding carboxylic acids is 2. The highest BCUT2D eigenvalue weighted by Gasteiger charge is 2.62. The van der Waals surface area contributed by atoms with Crippen LogP contribution in [0.1, 0.15) is 158 Å². The molecule has 0 spiro atoms. The topological polar surface area (TPSA) is 99.1 Å². The number of rotatable bonds is 10. The lowest BCUT2D eigenvalue weighted by Gasteiger charge is -2.37. The molecule has 9 rings (SSSR count). The molecule has 1 N–H and O–H groups in total. The molecule has 7 aliphatic carbocycles. The standard InChI is InChI=1S/C22H36O2.C15H24O2.C10H16O3/c1-4-14-11-15(5-2)20-17-12-16(19(14)20)13-18(17)21(23)24-22(6-3)9-7-8-10-22;1-3-8-5-9(4-2)14-11-6-10(13(8)14)7-12(11)15(16)17;1-3-7-6-5-12-10(11)9(6)8(4-2)13-7/h14-20H,4-13H2,1-3H3;8-14H,3-7H2,1-2H3,(H,16,17);6-9H,3-5H2,1-2H3. The number of cyclic esters (lactones) is 1. The fraction of sp³-hybridized carbons (Fsp3) is 0.936. The summed E-state index contributed by atoms with van der Waals surface area (Å²) in [5.41, 5.74) is -0.107. The van der Waals surface area contributed by atoms with Gasteiger partial charge in [-0.3, -0.25) is 14.4 Å². The van der Waals surface area contributed by atoms with Crippen molar-refractivity contribution in [2.24, 2.45) is 94.7 Å². The van der Waals surface area contributed by atoms with Crippen molar-refractivity contribution in [2.45, 2.75) is 175 Å². The van der Waals surface area contributed by atoms with Gasteiger partial charge >= 0.3 is 17.9 Å². The number of aliphatic carboxylic acids is 1. The minimum atomic E-state index is -0.522. The van der Waals surface area contributed by atoms with Crippen molar-refractivity contribution >= 4 is 17.9 Å². The van der Waals surface area contributed by atoms with Crippen LogP contribution in [0.3, 0.4) is 0 Å². The quantitative estimate of drug-likeness (QED) is 0.222. The van der Waals surface area contributed by atoms with Crippen LogP contribution in [-0.2, 0) is 28.6 Å².